The van der Waals surface area contributed by atoms with E-state index in [4.69, 9.17) is 18.0 Å². The first kappa shape index (κ1) is 11.3. The number of hydrogen-bond donors (Lipinski definition) is 0. The average Bonchev–Trinajstić information content (AvgIpc) is 2.97. The summed E-state index contributed by atoms with van der Waals surface area (Å²) in [4.78, 5) is 0. The van der Waals surface area contributed by atoms with Crippen molar-refractivity contribution < 1.29 is 13.2 Å². The summed E-state index contributed by atoms with van der Waals surface area (Å²) in [6.07, 6.45) is 2.38. The Kier molecular flexibility index (Phi) is 2.43. The van der Waals surface area contributed by atoms with E-state index < -0.39 is 17.2 Å². The van der Waals surface area contributed by atoms with Crippen molar-refractivity contribution in [1.82, 2.24) is 0 Å². The fourth-order valence-corrected chi connectivity index (χ4v) is 1.98. The van der Waals surface area contributed by atoms with Crippen LogP contribution < -0.4 is 0 Å². The van der Waals surface area contributed by atoms with Gasteiger partial charge in [0.15, 0.2) is 0 Å². The molecule has 1 fully saturated rings. The van der Waals surface area contributed by atoms with E-state index in [-0.39, 0.29) is 0 Å². The van der Waals surface area contributed by atoms with Gasteiger partial charge in [0.25, 0.3) is 0 Å². The van der Waals surface area contributed by atoms with Crippen LogP contribution in [0.4, 0.5) is 13.2 Å². The van der Waals surface area contributed by atoms with Crippen molar-refractivity contribution in [2.75, 3.05) is 0 Å². The van der Waals surface area contributed by atoms with E-state index in [1.165, 1.54) is 6.07 Å². The Labute approximate surface area is 96.4 Å². The fraction of sp³-hybridized carbons (Fsp3) is 0.333. The molecule has 84 valence electrons. The quantitative estimate of drug-likeness (QED) is 0.655. The van der Waals surface area contributed by atoms with Crippen LogP contribution in [0.5, 0.6) is 0 Å². The molecule has 1 aliphatic carbocycles. The zero-order valence-electron chi connectivity index (χ0n) is 8.24. The number of halogens is 4. The number of terminal acetylenes is 1. The molecule has 0 spiro atoms. The Morgan fingerprint density at radius 3 is 2.38 bits per heavy atom. The van der Waals surface area contributed by atoms with Crippen LogP contribution in [0.3, 0.4) is 0 Å². The minimum absolute atomic E-state index is 0.309. The van der Waals surface area contributed by atoms with E-state index in [0.29, 0.717) is 23.4 Å². The molecular weight excluding hydrogens is 237 g/mol. The Hall–Kier alpha value is -1.14. The van der Waals surface area contributed by atoms with Crippen molar-refractivity contribution in [3.05, 3.63) is 34.3 Å². The highest BCUT2D eigenvalue weighted by Gasteiger charge is 2.45. The van der Waals surface area contributed by atoms with E-state index >= 15 is 0 Å². The van der Waals surface area contributed by atoms with E-state index in [0.717, 1.165) is 12.1 Å². The molecule has 0 N–H and O–H groups in total. The molecule has 16 heavy (non-hydrogen) atoms. The first-order valence-electron chi connectivity index (χ1n) is 4.74. The molecule has 0 atom stereocenters. The van der Waals surface area contributed by atoms with Crippen LogP contribution in [0.15, 0.2) is 18.2 Å². The van der Waals surface area contributed by atoms with Gasteiger partial charge >= 0.3 is 6.18 Å². The van der Waals surface area contributed by atoms with E-state index in [2.05, 4.69) is 5.92 Å². The zero-order valence-corrected chi connectivity index (χ0v) is 8.99. The van der Waals surface area contributed by atoms with Gasteiger partial charge in [0.2, 0.25) is 0 Å². The molecule has 0 radical (unpaired) electrons. The minimum atomic E-state index is -4.36. The van der Waals surface area contributed by atoms with Gasteiger partial charge in [0.1, 0.15) is 0 Å². The molecule has 0 amide bonds. The minimum Gasteiger partial charge on any atom is -0.166 e. The number of hydrogen-bond acceptors (Lipinski definition) is 0. The molecule has 1 aliphatic rings. The second kappa shape index (κ2) is 3.43. The largest absolute Gasteiger partial charge is 0.416 e. The Morgan fingerprint density at radius 2 is 1.94 bits per heavy atom. The molecule has 0 heterocycles. The van der Waals surface area contributed by atoms with Gasteiger partial charge in [-0.25, -0.2) is 0 Å². The van der Waals surface area contributed by atoms with Crippen LogP contribution in [0, 0.1) is 12.3 Å². The highest BCUT2D eigenvalue weighted by molar-refractivity contribution is 6.31. The molecular formula is C12H8ClF3. The highest BCUT2D eigenvalue weighted by Crippen LogP contribution is 2.50. The van der Waals surface area contributed by atoms with Gasteiger partial charge in [0, 0.05) is 5.02 Å². The smallest absolute Gasteiger partial charge is 0.166 e. The van der Waals surface area contributed by atoms with Crippen LogP contribution in [0.1, 0.15) is 24.0 Å². The molecule has 0 saturated heterocycles. The summed E-state index contributed by atoms with van der Waals surface area (Å²) >= 11 is 5.89. The molecule has 1 aromatic rings. The van der Waals surface area contributed by atoms with Gasteiger partial charge in [0.05, 0.1) is 11.0 Å². The van der Waals surface area contributed by atoms with Crippen LogP contribution in [-0.2, 0) is 11.6 Å². The lowest BCUT2D eigenvalue weighted by Crippen LogP contribution is -2.09. The van der Waals surface area contributed by atoms with Crippen molar-refractivity contribution in [3.63, 3.8) is 0 Å². The van der Waals surface area contributed by atoms with Gasteiger partial charge < -0.3 is 0 Å². The lowest BCUT2D eigenvalue weighted by atomic mass is 9.95. The second-order valence-corrected chi connectivity index (χ2v) is 4.33. The predicted octanol–water partition coefficient (Wildman–Crippen LogP) is 4.02. The lowest BCUT2D eigenvalue weighted by molar-refractivity contribution is -0.137. The third-order valence-corrected chi connectivity index (χ3v) is 3.17. The monoisotopic (exact) mass is 244 g/mol. The third kappa shape index (κ3) is 1.78. The number of alkyl halides is 3. The SMILES string of the molecule is C#CC1(c2cc(C(F)(F)F)ccc2Cl)CC1. The molecule has 1 saturated carbocycles. The second-order valence-electron chi connectivity index (χ2n) is 3.92. The number of rotatable bonds is 1. The summed E-state index contributed by atoms with van der Waals surface area (Å²) in [5.74, 6) is 2.54. The molecule has 2 rings (SSSR count). The van der Waals surface area contributed by atoms with E-state index in [1.807, 2.05) is 0 Å². The molecule has 0 bridgehead atoms. The molecule has 0 nitrogen and oxygen atoms in total. The zero-order chi connectivity index (χ0) is 12.0. The number of benzene rings is 1. The molecule has 4 heteroatoms. The topological polar surface area (TPSA) is 0 Å². The predicted molar refractivity (Wildman–Crippen MR) is 56.2 cm³/mol. The lowest BCUT2D eigenvalue weighted by Gasteiger charge is -2.14. The Bertz CT molecular complexity index is 464. The van der Waals surface area contributed by atoms with Crippen LogP contribution in [0.25, 0.3) is 0 Å². The maximum atomic E-state index is 12.5. The summed E-state index contributed by atoms with van der Waals surface area (Å²) in [6, 6.07) is 3.30. The van der Waals surface area contributed by atoms with Crippen molar-refractivity contribution in [3.8, 4) is 12.3 Å². The highest BCUT2D eigenvalue weighted by atomic mass is 35.5. The maximum absolute atomic E-state index is 12.5. The van der Waals surface area contributed by atoms with Gasteiger partial charge in [-0.15, -0.1) is 6.42 Å². The molecule has 1 aromatic carbocycles. The van der Waals surface area contributed by atoms with Crippen molar-refractivity contribution in [1.29, 1.82) is 0 Å². The summed E-state index contributed by atoms with van der Waals surface area (Å²) < 4.78 is 37.6. The van der Waals surface area contributed by atoms with Crippen molar-refractivity contribution in [2.24, 2.45) is 0 Å². The van der Waals surface area contributed by atoms with E-state index in [9.17, 15) is 13.2 Å². The maximum Gasteiger partial charge on any atom is 0.416 e. The summed E-state index contributed by atoms with van der Waals surface area (Å²) in [5, 5.41) is 0.309. The van der Waals surface area contributed by atoms with Gasteiger partial charge in [-0.05, 0) is 36.6 Å². The van der Waals surface area contributed by atoms with Crippen LogP contribution in [-0.4, -0.2) is 0 Å². The normalized spacial score (nSPS) is 17.9. The van der Waals surface area contributed by atoms with Crippen molar-refractivity contribution >= 4 is 11.6 Å². The van der Waals surface area contributed by atoms with Gasteiger partial charge in [-0.2, -0.15) is 13.2 Å². The Morgan fingerprint density at radius 1 is 1.31 bits per heavy atom. The van der Waals surface area contributed by atoms with E-state index in [1.54, 1.807) is 0 Å². The van der Waals surface area contributed by atoms with Crippen molar-refractivity contribution in [2.45, 2.75) is 24.4 Å². The first-order valence-corrected chi connectivity index (χ1v) is 5.12. The third-order valence-electron chi connectivity index (χ3n) is 2.84. The molecule has 0 aliphatic heterocycles. The average molecular weight is 245 g/mol. The van der Waals surface area contributed by atoms with Crippen LogP contribution >= 0.6 is 11.6 Å². The molecule has 0 unspecified atom stereocenters. The van der Waals surface area contributed by atoms with Gasteiger partial charge in [-0.1, -0.05) is 17.5 Å². The summed E-state index contributed by atoms with van der Waals surface area (Å²) in [7, 11) is 0. The Balaban J connectivity index is 2.51. The van der Waals surface area contributed by atoms with Gasteiger partial charge in [-0.3, -0.25) is 0 Å². The standard InChI is InChI=1S/C12H8ClF3/c1-2-11(5-6-11)9-7-8(12(14,15)16)3-4-10(9)13/h1,3-4,7H,5-6H2. The fourth-order valence-electron chi connectivity index (χ4n) is 1.68. The molecule has 0 aromatic heterocycles. The van der Waals surface area contributed by atoms with Crippen LogP contribution in [0.2, 0.25) is 5.02 Å². The summed E-state index contributed by atoms with van der Waals surface area (Å²) in [6.45, 7) is 0. The summed E-state index contributed by atoms with van der Waals surface area (Å²) in [5.41, 5.74) is -0.849. The first-order chi connectivity index (χ1) is 7.39.